The Kier molecular flexibility index (Phi) is 7.75. The van der Waals surface area contributed by atoms with Crippen molar-refractivity contribution in [2.45, 2.75) is 96.8 Å². The lowest BCUT2D eigenvalue weighted by molar-refractivity contribution is -0.137. The van der Waals surface area contributed by atoms with Gasteiger partial charge in [-0.1, -0.05) is 64.7 Å². The number of aliphatic carboxylic acids is 1. The van der Waals surface area contributed by atoms with Crippen LogP contribution in [0.25, 0.3) is 0 Å². The van der Waals surface area contributed by atoms with Gasteiger partial charge >= 0.3 is 5.97 Å². The second-order valence-electron chi connectivity index (χ2n) is 7.94. The van der Waals surface area contributed by atoms with E-state index in [1.54, 1.807) is 6.42 Å². The normalized spacial score (nSPS) is 29.5. The summed E-state index contributed by atoms with van der Waals surface area (Å²) in [5.41, 5.74) is 0. The summed E-state index contributed by atoms with van der Waals surface area (Å²) in [6.07, 6.45) is 18.0. The molecule has 2 aliphatic rings. The first-order valence-corrected chi connectivity index (χ1v) is 9.92. The van der Waals surface area contributed by atoms with E-state index in [0.29, 0.717) is 6.42 Å². The molecule has 0 aromatic heterocycles. The highest BCUT2D eigenvalue weighted by atomic mass is 16.4. The van der Waals surface area contributed by atoms with Gasteiger partial charge < -0.3 is 5.11 Å². The predicted molar refractivity (Wildman–Crippen MR) is 91.9 cm³/mol. The maximum absolute atomic E-state index is 10.4. The second kappa shape index (κ2) is 9.57. The van der Waals surface area contributed by atoms with Gasteiger partial charge in [0.2, 0.25) is 0 Å². The van der Waals surface area contributed by atoms with Crippen LogP contribution in [0.15, 0.2) is 0 Å². The van der Waals surface area contributed by atoms with Crippen molar-refractivity contribution in [1.29, 1.82) is 0 Å². The first kappa shape index (κ1) is 17.8. The van der Waals surface area contributed by atoms with Crippen molar-refractivity contribution in [2.24, 2.45) is 23.7 Å². The molecular weight excluding hydrogens is 272 g/mol. The smallest absolute Gasteiger partial charge is 0.303 e. The maximum atomic E-state index is 10.4. The van der Waals surface area contributed by atoms with Gasteiger partial charge in [0.1, 0.15) is 0 Å². The van der Waals surface area contributed by atoms with Crippen LogP contribution in [-0.2, 0) is 4.79 Å². The van der Waals surface area contributed by atoms with Gasteiger partial charge in [0, 0.05) is 6.42 Å². The summed E-state index contributed by atoms with van der Waals surface area (Å²) in [7, 11) is 0. The molecule has 0 unspecified atom stereocenters. The number of unbranched alkanes of at least 4 members (excludes halogenated alkanes) is 6. The van der Waals surface area contributed by atoms with Crippen molar-refractivity contribution in [3.8, 4) is 0 Å². The lowest BCUT2D eigenvalue weighted by Crippen LogP contribution is -1.93. The molecule has 2 rings (SSSR count). The lowest BCUT2D eigenvalue weighted by Gasteiger charge is -2.02. The molecule has 0 amide bonds. The van der Waals surface area contributed by atoms with E-state index in [-0.39, 0.29) is 0 Å². The predicted octanol–water partition coefficient (Wildman–Crippen LogP) is 6.04. The minimum Gasteiger partial charge on any atom is -0.481 e. The molecule has 2 heteroatoms. The summed E-state index contributed by atoms with van der Waals surface area (Å²) in [5.74, 6) is 3.68. The molecule has 2 nitrogen and oxygen atoms in total. The zero-order valence-electron chi connectivity index (χ0n) is 14.6. The van der Waals surface area contributed by atoms with E-state index in [0.717, 1.165) is 36.5 Å². The van der Waals surface area contributed by atoms with Crippen molar-refractivity contribution in [2.75, 3.05) is 0 Å². The van der Waals surface area contributed by atoms with E-state index in [2.05, 4.69) is 6.92 Å². The summed E-state index contributed by atoms with van der Waals surface area (Å²) in [6, 6.07) is 0. The summed E-state index contributed by atoms with van der Waals surface area (Å²) < 4.78 is 0. The lowest BCUT2D eigenvalue weighted by atomic mass is 10.0. The molecule has 0 bridgehead atoms. The van der Waals surface area contributed by atoms with Gasteiger partial charge in [-0.05, 0) is 49.4 Å². The summed E-state index contributed by atoms with van der Waals surface area (Å²) >= 11 is 0. The Morgan fingerprint density at radius 1 is 0.818 bits per heavy atom. The van der Waals surface area contributed by atoms with Crippen molar-refractivity contribution in [1.82, 2.24) is 0 Å². The minimum absolute atomic E-state index is 0.353. The number of rotatable bonds is 14. The van der Waals surface area contributed by atoms with E-state index < -0.39 is 5.97 Å². The fourth-order valence-corrected chi connectivity index (χ4v) is 4.16. The molecule has 0 heterocycles. The molecule has 2 fully saturated rings. The Balaban J connectivity index is 1.36. The minimum atomic E-state index is -0.645. The topological polar surface area (TPSA) is 37.3 Å². The van der Waals surface area contributed by atoms with Crippen LogP contribution in [0, 0.1) is 23.7 Å². The van der Waals surface area contributed by atoms with Crippen molar-refractivity contribution in [3.05, 3.63) is 0 Å². The van der Waals surface area contributed by atoms with Gasteiger partial charge in [-0.25, -0.2) is 0 Å². The second-order valence-corrected chi connectivity index (χ2v) is 7.94. The summed E-state index contributed by atoms with van der Waals surface area (Å²) in [4.78, 5) is 10.4. The molecule has 0 saturated heterocycles. The molecule has 0 aromatic carbocycles. The highest BCUT2D eigenvalue weighted by Crippen LogP contribution is 2.54. The van der Waals surface area contributed by atoms with Crippen LogP contribution >= 0.6 is 0 Å². The first-order valence-electron chi connectivity index (χ1n) is 9.92. The molecule has 2 saturated carbocycles. The summed E-state index contributed by atoms with van der Waals surface area (Å²) in [5, 5.41) is 8.58. The maximum Gasteiger partial charge on any atom is 0.303 e. The van der Waals surface area contributed by atoms with E-state index in [9.17, 15) is 4.79 Å². The molecule has 4 atom stereocenters. The van der Waals surface area contributed by atoms with Crippen molar-refractivity contribution < 1.29 is 9.90 Å². The molecule has 0 radical (unpaired) electrons. The quantitative estimate of drug-likeness (QED) is 0.397. The Morgan fingerprint density at radius 3 is 1.95 bits per heavy atom. The van der Waals surface area contributed by atoms with Gasteiger partial charge in [-0.2, -0.15) is 0 Å². The fraction of sp³-hybridized carbons (Fsp3) is 0.950. The molecule has 0 spiro atoms. The average Bonchev–Trinajstić information content (AvgIpc) is 3.38. The first-order chi connectivity index (χ1) is 10.7. The zero-order valence-corrected chi connectivity index (χ0v) is 14.6. The third kappa shape index (κ3) is 7.15. The van der Waals surface area contributed by atoms with E-state index in [1.807, 2.05) is 0 Å². The standard InChI is InChI=1S/C20H36O2/c1-2-3-7-10-16-13-18(16)15-19-14-17(19)11-8-5-4-6-9-12-20(21)22/h16-19H,2-15H2,1H3,(H,21,22)/t16-,17-,18-,19+/m1/s1. The highest BCUT2D eigenvalue weighted by Gasteiger charge is 2.44. The number of carboxylic acids is 1. The Hall–Kier alpha value is -0.530. The van der Waals surface area contributed by atoms with Crippen LogP contribution in [0.4, 0.5) is 0 Å². The molecule has 2 aliphatic carbocycles. The summed E-state index contributed by atoms with van der Waals surface area (Å²) in [6.45, 7) is 2.30. The molecule has 22 heavy (non-hydrogen) atoms. The van der Waals surface area contributed by atoms with Gasteiger partial charge in [0.15, 0.2) is 0 Å². The van der Waals surface area contributed by atoms with Crippen LogP contribution in [0.1, 0.15) is 96.8 Å². The van der Waals surface area contributed by atoms with Gasteiger partial charge in [-0.3, -0.25) is 4.79 Å². The highest BCUT2D eigenvalue weighted by molar-refractivity contribution is 5.66. The van der Waals surface area contributed by atoms with E-state index >= 15 is 0 Å². The largest absolute Gasteiger partial charge is 0.481 e. The third-order valence-electron chi connectivity index (χ3n) is 5.89. The number of carboxylic acid groups (broad SMARTS) is 1. The molecule has 0 aliphatic heterocycles. The van der Waals surface area contributed by atoms with Crippen molar-refractivity contribution in [3.63, 3.8) is 0 Å². The monoisotopic (exact) mass is 308 g/mol. The zero-order chi connectivity index (χ0) is 15.8. The Bertz CT molecular complexity index is 326. The van der Waals surface area contributed by atoms with Crippen LogP contribution in [0.3, 0.4) is 0 Å². The van der Waals surface area contributed by atoms with Gasteiger partial charge in [0.25, 0.3) is 0 Å². The van der Waals surface area contributed by atoms with Crippen LogP contribution < -0.4 is 0 Å². The Labute approximate surface area is 137 Å². The number of carbonyl (C=O) groups is 1. The van der Waals surface area contributed by atoms with Crippen LogP contribution in [0.5, 0.6) is 0 Å². The average molecular weight is 309 g/mol. The van der Waals surface area contributed by atoms with Gasteiger partial charge in [-0.15, -0.1) is 0 Å². The molecular formula is C20H36O2. The SMILES string of the molecule is CCCCC[C@@H]1C[C@@H]1C[C@@H]1C[C@H]1CCCCCCCC(=O)O. The number of hydrogen-bond acceptors (Lipinski definition) is 1. The Morgan fingerprint density at radius 2 is 1.36 bits per heavy atom. The molecule has 128 valence electrons. The van der Waals surface area contributed by atoms with E-state index in [4.69, 9.17) is 5.11 Å². The van der Waals surface area contributed by atoms with Crippen molar-refractivity contribution >= 4 is 5.97 Å². The number of hydrogen-bond donors (Lipinski definition) is 1. The van der Waals surface area contributed by atoms with Gasteiger partial charge in [0.05, 0.1) is 0 Å². The van der Waals surface area contributed by atoms with Crippen LogP contribution in [0.2, 0.25) is 0 Å². The third-order valence-corrected chi connectivity index (χ3v) is 5.89. The fourth-order valence-electron chi connectivity index (χ4n) is 4.16. The van der Waals surface area contributed by atoms with E-state index in [1.165, 1.54) is 64.2 Å². The molecule has 0 aromatic rings. The van der Waals surface area contributed by atoms with Crippen LogP contribution in [-0.4, -0.2) is 11.1 Å². The molecule has 1 N–H and O–H groups in total.